The molecule has 1 aromatic carbocycles. The van der Waals surface area contributed by atoms with Gasteiger partial charge >= 0.3 is 0 Å². The van der Waals surface area contributed by atoms with Crippen LogP contribution in [0.4, 0.5) is 11.4 Å². The quantitative estimate of drug-likeness (QED) is 0.567. The highest BCUT2D eigenvalue weighted by molar-refractivity contribution is 7.90. The predicted molar refractivity (Wildman–Crippen MR) is 97.9 cm³/mol. The molecule has 1 atom stereocenters. The summed E-state index contributed by atoms with van der Waals surface area (Å²) >= 11 is 0. The molecule has 0 radical (unpaired) electrons. The van der Waals surface area contributed by atoms with Gasteiger partial charge in [0.2, 0.25) is 5.91 Å². The van der Waals surface area contributed by atoms with Crippen LogP contribution in [-0.2, 0) is 14.6 Å². The molecule has 2 N–H and O–H groups in total. The molecule has 2 rings (SSSR count). The number of hydrogen-bond acceptors (Lipinski definition) is 7. The topological polar surface area (TPSA) is 127 Å². The van der Waals surface area contributed by atoms with Crippen LogP contribution < -0.4 is 10.6 Å². The first-order chi connectivity index (χ1) is 12.1. The standard InChI is InChI=1S/C16H24N4O5S/c1-3-4-13(17)16(21)19-9-7-18(8-10-19)14-6-5-12(26(2,24)25)11-15(14)20(22)23/h5-6,11,13H,3-4,7-10,17H2,1-2H3. The van der Waals surface area contributed by atoms with E-state index in [4.69, 9.17) is 5.73 Å². The molecule has 0 aliphatic carbocycles. The minimum Gasteiger partial charge on any atom is -0.362 e. The van der Waals surface area contributed by atoms with Gasteiger partial charge in [-0.3, -0.25) is 14.9 Å². The number of rotatable bonds is 6. The van der Waals surface area contributed by atoms with Crippen molar-refractivity contribution in [1.29, 1.82) is 0 Å². The van der Waals surface area contributed by atoms with Gasteiger partial charge in [-0.1, -0.05) is 13.3 Å². The van der Waals surface area contributed by atoms with Crippen LogP contribution in [0.2, 0.25) is 0 Å². The van der Waals surface area contributed by atoms with Gasteiger partial charge in [0.05, 0.1) is 15.9 Å². The zero-order chi connectivity index (χ0) is 19.5. The molecule has 1 fully saturated rings. The number of carbonyl (C=O) groups excluding carboxylic acids is 1. The Kier molecular flexibility index (Phi) is 6.19. The van der Waals surface area contributed by atoms with E-state index in [9.17, 15) is 23.3 Å². The van der Waals surface area contributed by atoms with Crippen LogP contribution in [-0.4, -0.2) is 62.6 Å². The Labute approximate surface area is 152 Å². The summed E-state index contributed by atoms with van der Waals surface area (Å²) in [4.78, 5) is 26.4. The first kappa shape index (κ1) is 20.1. The van der Waals surface area contributed by atoms with Crippen LogP contribution >= 0.6 is 0 Å². The number of nitro groups is 1. The van der Waals surface area contributed by atoms with Crippen LogP contribution in [0.25, 0.3) is 0 Å². The Morgan fingerprint density at radius 3 is 2.42 bits per heavy atom. The molecule has 1 aliphatic heterocycles. The van der Waals surface area contributed by atoms with E-state index >= 15 is 0 Å². The fourth-order valence-corrected chi connectivity index (χ4v) is 3.63. The lowest BCUT2D eigenvalue weighted by Crippen LogP contribution is -2.53. The average molecular weight is 384 g/mol. The fourth-order valence-electron chi connectivity index (χ4n) is 2.98. The van der Waals surface area contributed by atoms with Crippen molar-refractivity contribution in [2.24, 2.45) is 5.73 Å². The minimum absolute atomic E-state index is 0.0905. The van der Waals surface area contributed by atoms with Crippen molar-refractivity contribution in [2.75, 3.05) is 37.3 Å². The summed E-state index contributed by atoms with van der Waals surface area (Å²) < 4.78 is 23.3. The molecular weight excluding hydrogens is 360 g/mol. The van der Waals surface area contributed by atoms with Crippen molar-refractivity contribution in [3.8, 4) is 0 Å². The van der Waals surface area contributed by atoms with E-state index in [0.29, 0.717) is 38.3 Å². The average Bonchev–Trinajstić information content (AvgIpc) is 2.60. The second-order valence-corrected chi connectivity index (χ2v) is 8.40. The van der Waals surface area contributed by atoms with E-state index in [1.165, 1.54) is 12.1 Å². The monoisotopic (exact) mass is 384 g/mol. The van der Waals surface area contributed by atoms with Crippen molar-refractivity contribution in [2.45, 2.75) is 30.7 Å². The van der Waals surface area contributed by atoms with Crippen molar-refractivity contribution < 1.29 is 18.1 Å². The normalized spacial score (nSPS) is 16.4. The van der Waals surface area contributed by atoms with Gasteiger partial charge in [0, 0.05) is 38.5 Å². The maximum absolute atomic E-state index is 12.3. The van der Waals surface area contributed by atoms with E-state index < -0.39 is 20.8 Å². The molecule has 1 saturated heterocycles. The summed E-state index contributed by atoms with van der Waals surface area (Å²) in [5.41, 5.74) is 5.97. The fraction of sp³-hybridized carbons (Fsp3) is 0.562. The van der Waals surface area contributed by atoms with Gasteiger partial charge in [-0.05, 0) is 18.6 Å². The third-order valence-corrected chi connectivity index (χ3v) is 5.53. The highest BCUT2D eigenvalue weighted by Crippen LogP contribution is 2.31. The summed E-state index contributed by atoms with van der Waals surface area (Å²) in [6, 6.07) is 3.38. The molecular formula is C16H24N4O5S. The van der Waals surface area contributed by atoms with E-state index in [0.717, 1.165) is 18.7 Å². The van der Waals surface area contributed by atoms with E-state index in [2.05, 4.69) is 0 Å². The van der Waals surface area contributed by atoms with E-state index in [1.807, 2.05) is 6.92 Å². The summed E-state index contributed by atoms with van der Waals surface area (Å²) in [6.45, 7) is 3.64. The summed E-state index contributed by atoms with van der Waals surface area (Å²) in [5.74, 6) is -0.103. The highest BCUT2D eigenvalue weighted by atomic mass is 32.2. The number of sulfone groups is 1. The number of anilines is 1. The smallest absolute Gasteiger partial charge is 0.293 e. The SMILES string of the molecule is CCCC(N)C(=O)N1CCN(c2ccc(S(C)(=O)=O)cc2[N+](=O)[O-])CC1. The number of amides is 1. The molecule has 1 amide bonds. The number of nitrogens with zero attached hydrogens (tertiary/aromatic N) is 3. The van der Waals surface area contributed by atoms with Gasteiger partial charge in [0.25, 0.3) is 5.69 Å². The number of nitro benzene ring substituents is 1. The summed E-state index contributed by atoms with van der Waals surface area (Å²) in [6.07, 6.45) is 2.46. The Balaban J connectivity index is 2.16. The summed E-state index contributed by atoms with van der Waals surface area (Å²) in [7, 11) is -3.53. The Bertz CT molecular complexity index is 788. The molecule has 0 aromatic heterocycles. The van der Waals surface area contributed by atoms with E-state index in [1.54, 1.807) is 9.80 Å². The van der Waals surface area contributed by atoms with Crippen molar-refractivity contribution >= 4 is 27.1 Å². The van der Waals surface area contributed by atoms with Gasteiger partial charge in [0.1, 0.15) is 5.69 Å². The first-order valence-corrected chi connectivity index (χ1v) is 10.3. The molecule has 26 heavy (non-hydrogen) atoms. The Morgan fingerprint density at radius 1 is 1.31 bits per heavy atom. The second kappa shape index (κ2) is 8.00. The minimum atomic E-state index is -3.53. The first-order valence-electron chi connectivity index (χ1n) is 8.43. The van der Waals surface area contributed by atoms with Gasteiger partial charge in [0.15, 0.2) is 9.84 Å². The lowest BCUT2D eigenvalue weighted by molar-refractivity contribution is -0.384. The molecule has 0 bridgehead atoms. The van der Waals surface area contributed by atoms with Crippen molar-refractivity contribution in [3.05, 3.63) is 28.3 Å². The number of benzene rings is 1. The maximum Gasteiger partial charge on any atom is 0.293 e. The zero-order valence-corrected chi connectivity index (χ0v) is 15.7. The molecule has 144 valence electrons. The second-order valence-electron chi connectivity index (χ2n) is 6.39. The van der Waals surface area contributed by atoms with Crippen LogP contribution in [0.1, 0.15) is 19.8 Å². The highest BCUT2D eigenvalue weighted by Gasteiger charge is 2.28. The third-order valence-electron chi connectivity index (χ3n) is 4.42. The zero-order valence-electron chi connectivity index (χ0n) is 14.9. The van der Waals surface area contributed by atoms with Gasteiger partial charge in [-0.2, -0.15) is 0 Å². The van der Waals surface area contributed by atoms with Crippen LogP contribution in [0.15, 0.2) is 23.1 Å². The van der Waals surface area contributed by atoms with Gasteiger partial charge in [-0.15, -0.1) is 0 Å². The number of carbonyl (C=O) groups is 1. The molecule has 9 nitrogen and oxygen atoms in total. The number of hydrogen-bond donors (Lipinski definition) is 1. The van der Waals surface area contributed by atoms with Crippen molar-refractivity contribution in [3.63, 3.8) is 0 Å². The van der Waals surface area contributed by atoms with Gasteiger partial charge < -0.3 is 15.5 Å². The number of piperazine rings is 1. The molecule has 0 saturated carbocycles. The lowest BCUT2D eigenvalue weighted by atomic mass is 10.1. The molecule has 10 heteroatoms. The predicted octanol–water partition coefficient (Wildman–Crippen LogP) is 0.774. The van der Waals surface area contributed by atoms with Crippen LogP contribution in [0, 0.1) is 10.1 Å². The molecule has 1 heterocycles. The maximum atomic E-state index is 12.3. The molecule has 0 spiro atoms. The van der Waals surface area contributed by atoms with Crippen LogP contribution in [0.5, 0.6) is 0 Å². The van der Waals surface area contributed by atoms with E-state index in [-0.39, 0.29) is 16.5 Å². The molecule has 1 aromatic rings. The number of nitrogens with two attached hydrogens (primary N) is 1. The van der Waals surface area contributed by atoms with Crippen molar-refractivity contribution in [1.82, 2.24) is 4.90 Å². The molecule has 1 aliphatic rings. The third kappa shape index (κ3) is 4.50. The van der Waals surface area contributed by atoms with Gasteiger partial charge in [-0.25, -0.2) is 8.42 Å². The largest absolute Gasteiger partial charge is 0.362 e. The van der Waals surface area contributed by atoms with Crippen LogP contribution in [0.3, 0.4) is 0 Å². The Hall–Kier alpha value is -2.20. The summed E-state index contributed by atoms with van der Waals surface area (Å²) in [5, 5.41) is 11.4. The molecule has 1 unspecified atom stereocenters. The Morgan fingerprint density at radius 2 is 1.92 bits per heavy atom. The lowest BCUT2D eigenvalue weighted by Gasteiger charge is -2.36.